The molecule has 34 heavy (non-hydrogen) atoms. The second-order valence-electron chi connectivity index (χ2n) is 8.33. The fourth-order valence-electron chi connectivity index (χ4n) is 4.46. The van der Waals surface area contributed by atoms with E-state index in [1.165, 1.54) is 13.2 Å². The Hall–Kier alpha value is -3.99. The molecule has 178 valence electrons. The molecule has 3 rings (SSSR count). The smallest absolute Gasteiger partial charge is 0.258 e. The molecule has 0 aromatic heterocycles. The molecule has 8 nitrogen and oxygen atoms in total. The normalized spacial score (nSPS) is 20.0. The van der Waals surface area contributed by atoms with Crippen LogP contribution in [0.4, 0.5) is 0 Å². The van der Waals surface area contributed by atoms with Crippen molar-refractivity contribution in [3.63, 3.8) is 0 Å². The summed E-state index contributed by atoms with van der Waals surface area (Å²) in [7, 11) is 1.47. The fourth-order valence-corrected chi connectivity index (χ4v) is 4.46. The summed E-state index contributed by atoms with van der Waals surface area (Å²) in [5, 5.41) is 28.6. The van der Waals surface area contributed by atoms with Gasteiger partial charge in [0.2, 0.25) is 12.2 Å². The van der Waals surface area contributed by atoms with Crippen molar-refractivity contribution in [3.8, 4) is 17.7 Å². The van der Waals surface area contributed by atoms with Crippen LogP contribution in [0, 0.1) is 11.5 Å². The molecular formula is C26H31N5O3. The van der Waals surface area contributed by atoms with Crippen LogP contribution >= 0.6 is 0 Å². The molecule has 0 atom stereocenters. The third kappa shape index (κ3) is 5.87. The summed E-state index contributed by atoms with van der Waals surface area (Å²) in [5.74, 6) is 0.285. The minimum Gasteiger partial charge on any atom is -0.507 e. The number of nitrogens with zero attached hydrogens (tertiary/aromatic N) is 2. The Labute approximate surface area is 200 Å². The maximum atomic E-state index is 13.0. The van der Waals surface area contributed by atoms with E-state index in [0.717, 1.165) is 31.2 Å². The van der Waals surface area contributed by atoms with E-state index in [9.17, 15) is 9.90 Å². The first-order valence-corrected chi connectivity index (χ1v) is 11.3. The number of nitriles is 1. The zero-order valence-electron chi connectivity index (χ0n) is 19.4. The molecule has 1 aliphatic rings. The van der Waals surface area contributed by atoms with Crippen LogP contribution < -0.4 is 20.7 Å². The van der Waals surface area contributed by atoms with Crippen molar-refractivity contribution < 1.29 is 14.6 Å². The molecule has 1 amide bonds. The van der Waals surface area contributed by atoms with Gasteiger partial charge in [0.05, 0.1) is 7.11 Å². The Morgan fingerprint density at radius 2 is 1.97 bits per heavy atom. The lowest BCUT2D eigenvalue weighted by atomic mass is 9.68. The Kier molecular flexibility index (Phi) is 8.52. The molecule has 1 saturated carbocycles. The lowest BCUT2D eigenvalue weighted by molar-refractivity contribution is 0.0929. The first kappa shape index (κ1) is 24.6. The van der Waals surface area contributed by atoms with E-state index in [0.29, 0.717) is 24.8 Å². The first-order chi connectivity index (χ1) is 16.5. The molecule has 0 aliphatic heterocycles. The highest BCUT2D eigenvalue weighted by atomic mass is 16.5. The van der Waals surface area contributed by atoms with Gasteiger partial charge in [-0.15, -0.1) is 11.6 Å². The molecule has 1 aliphatic carbocycles. The van der Waals surface area contributed by atoms with Crippen LogP contribution in [0.5, 0.6) is 11.5 Å². The number of aliphatic imine (C=N–C) groups is 1. The van der Waals surface area contributed by atoms with Crippen LogP contribution in [0.1, 0.15) is 41.6 Å². The Bertz CT molecular complexity index is 1050. The number of aromatic hydroxyl groups is 1. The molecule has 4 N–H and O–H groups in total. The average molecular weight is 462 g/mol. The van der Waals surface area contributed by atoms with Crippen LogP contribution in [0.2, 0.25) is 0 Å². The van der Waals surface area contributed by atoms with Crippen LogP contribution in [0.3, 0.4) is 0 Å². The van der Waals surface area contributed by atoms with E-state index in [2.05, 4.69) is 39.7 Å². The number of hydrogen-bond donors (Lipinski definition) is 4. The summed E-state index contributed by atoms with van der Waals surface area (Å²) in [5.41, 5.74) is 1.04. The summed E-state index contributed by atoms with van der Waals surface area (Å²) in [6, 6.07) is 15.1. The highest BCUT2D eigenvalue weighted by molar-refractivity contribution is 5.99. The Morgan fingerprint density at radius 3 is 2.62 bits per heavy atom. The summed E-state index contributed by atoms with van der Waals surface area (Å²) in [6.45, 7) is 4.61. The maximum absolute atomic E-state index is 13.0. The van der Waals surface area contributed by atoms with Crippen molar-refractivity contribution in [3.05, 3.63) is 72.3 Å². The van der Waals surface area contributed by atoms with Gasteiger partial charge in [0, 0.05) is 24.5 Å². The predicted octanol–water partition coefficient (Wildman–Crippen LogP) is 3.21. The lowest BCUT2D eigenvalue weighted by Crippen LogP contribution is -2.49. The lowest BCUT2D eigenvalue weighted by Gasteiger charge is -2.41. The average Bonchev–Trinajstić information content (AvgIpc) is 2.87. The third-order valence-electron chi connectivity index (χ3n) is 6.28. The number of hydrogen-bond acceptors (Lipinski definition) is 5. The molecule has 0 radical (unpaired) electrons. The number of guanidine groups is 1. The SMILES string of the molecule is C=CCN/C(=N\C#N)N[C@H]1CC[C@](CNC(=O)c2c(O)cccc2OC)(c2ccccc2)CC1. The van der Waals surface area contributed by atoms with Gasteiger partial charge < -0.3 is 25.8 Å². The van der Waals surface area contributed by atoms with Gasteiger partial charge >= 0.3 is 0 Å². The van der Waals surface area contributed by atoms with Crippen LogP contribution in [0.25, 0.3) is 0 Å². The number of benzene rings is 2. The van der Waals surface area contributed by atoms with E-state index in [1.54, 1.807) is 18.2 Å². The van der Waals surface area contributed by atoms with Crippen molar-refractivity contribution in [2.75, 3.05) is 20.2 Å². The molecule has 8 heteroatoms. The molecule has 0 unspecified atom stereocenters. The zero-order chi connectivity index (χ0) is 24.4. The second kappa shape index (κ2) is 11.8. The number of methoxy groups -OCH3 is 1. The summed E-state index contributed by atoms with van der Waals surface area (Å²) >= 11 is 0. The molecule has 0 spiro atoms. The van der Waals surface area contributed by atoms with E-state index in [-0.39, 0.29) is 28.7 Å². The molecule has 1 fully saturated rings. The summed E-state index contributed by atoms with van der Waals surface area (Å²) in [6.07, 6.45) is 6.86. The molecule has 0 saturated heterocycles. The van der Waals surface area contributed by atoms with Gasteiger partial charge in [0.25, 0.3) is 5.91 Å². The van der Waals surface area contributed by atoms with E-state index < -0.39 is 0 Å². The van der Waals surface area contributed by atoms with Crippen molar-refractivity contribution in [2.45, 2.75) is 37.1 Å². The predicted molar refractivity (Wildman–Crippen MR) is 132 cm³/mol. The minimum absolute atomic E-state index is 0.116. The molecule has 0 bridgehead atoms. The highest BCUT2D eigenvalue weighted by Gasteiger charge is 2.37. The highest BCUT2D eigenvalue weighted by Crippen LogP contribution is 2.39. The third-order valence-corrected chi connectivity index (χ3v) is 6.28. The summed E-state index contributed by atoms with van der Waals surface area (Å²) in [4.78, 5) is 16.8. The zero-order valence-corrected chi connectivity index (χ0v) is 19.4. The van der Waals surface area contributed by atoms with Gasteiger partial charge in [-0.2, -0.15) is 5.26 Å². The Morgan fingerprint density at radius 1 is 1.24 bits per heavy atom. The van der Waals surface area contributed by atoms with Crippen molar-refractivity contribution in [1.29, 1.82) is 5.26 Å². The number of phenolic OH excluding ortho intramolecular Hbond substituents is 1. The maximum Gasteiger partial charge on any atom is 0.258 e. The van der Waals surface area contributed by atoms with Crippen LogP contribution in [-0.4, -0.2) is 43.2 Å². The number of nitrogens with one attached hydrogen (secondary N) is 3. The number of phenols is 1. The van der Waals surface area contributed by atoms with E-state index in [4.69, 9.17) is 10.00 Å². The van der Waals surface area contributed by atoms with Crippen molar-refractivity contribution in [1.82, 2.24) is 16.0 Å². The van der Waals surface area contributed by atoms with E-state index >= 15 is 0 Å². The largest absolute Gasteiger partial charge is 0.507 e. The first-order valence-electron chi connectivity index (χ1n) is 11.3. The van der Waals surface area contributed by atoms with E-state index in [1.807, 2.05) is 24.4 Å². The van der Waals surface area contributed by atoms with Crippen molar-refractivity contribution in [2.24, 2.45) is 4.99 Å². The van der Waals surface area contributed by atoms with Crippen molar-refractivity contribution >= 4 is 11.9 Å². The molecular weight excluding hydrogens is 430 g/mol. The number of amides is 1. The van der Waals surface area contributed by atoms with Gasteiger partial charge in [-0.05, 0) is 43.4 Å². The van der Waals surface area contributed by atoms with Crippen LogP contribution in [0.15, 0.2) is 66.2 Å². The molecule has 2 aromatic rings. The quantitative estimate of drug-likeness (QED) is 0.207. The van der Waals surface area contributed by atoms with Gasteiger partial charge in [0.15, 0.2) is 0 Å². The van der Waals surface area contributed by atoms with Gasteiger partial charge in [-0.1, -0.05) is 42.5 Å². The second-order valence-corrected chi connectivity index (χ2v) is 8.33. The van der Waals surface area contributed by atoms with Gasteiger partial charge in [0.1, 0.15) is 17.1 Å². The van der Waals surface area contributed by atoms with Crippen LogP contribution in [-0.2, 0) is 5.41 Å². The number of ether oxygens (including phenoxy) is 1. The minimum atomic E-state index is -0.373. The monoisotopic (exact) mass is 461 g/mol. The Balaban J connectivity index is 1.74. The van der Waals surface area contributed by atoms with Gasteiger partial charge in [-0.25, -0.2) is 0 Å². The molecule has 0 heterocycles. The number of carbonyl (C=O) groups is 1. The number of carbonyl (C=O) groups excluding carboxylic acids is 1. The topological polar surface area (TPSA) is 119 Å². The molecule has 2 aromatic carbocycles. The summed E-state index contributed by atoms with van der Waals surface area (Å²) < 4.78 is 5.27. The fraction of sp³-hybridized carbons (Fsp3) is 0.346. The standard InChI is InChI=1S/C26H31N5O3/c1-3-16-28-25(30-18-27)31-20-12-14-26(15-13-20,19-8-5-4-6-9-19)17-29-24(33)23-21(32)10-7-11-22(23)34-2/h3-11,20,32H,1,12-17H2,2H3,(H,29,33)(H2,28,30,31)/t20-,26-. The number of rotatable bonds is 8. The van der Waals surface area contributed by atoms with Gasteiger partial charge in [-0.3, -0.25) is 4.79 Å².